The summed E-state index contributed by atoms with van der Waals surface area (Å²) >= 11 is 0. The summed E-state index contributed by atoms with van der Waals surface area (Å²) in [6, 6.07) is 5.36. The molecule has 1 N–H and O–H groups in total. The van der Waals surface area contributed by atoms with E-state index in [-0.39, 0.29) is 12.0 Å². The highest BCUT2D eigenvalue weighted by Gasteiger charge is 2.32. The molecule has 1 heterocycles. The minimum absolute atomic E-state index is 0.283. The maximum Gasteiger partial charge on any atom is 0.416 e. The lowest BCUT2D eigenvalue weighted by Gasteiger charge is -2.40. The first kappa shape index (κ1) is 13.4. The number of halogens is 3. The van der Waals surface area contributed by atoms with E-state index in [1.807, 2.05) is 0 Å². The molecule has 18 heavy (non-hydrogen) atoms. The van der Waals surface area contributed by atoms with Crippen molar-refractivity contribution in [3.8, 4) is 0 Å². The van der Waals surface area contributed by atoms with Gasteiger partial charge in [-0.05, 0) is 24.6 Å². The predicted molar refractivity (Wildman–Crippen MR) is 62.3 cm³/mol. The van der Waals surface area contributed by atoms with E-state index < -0.39 is 11.7 Å². The molecule has 0 saturated carbocycles. The van der Waals surface area contributed by atoms with Gasteiger partial charge in [0.1, 0.15) is 0 Å². The van der Waals surface area contributed by atoms with Gasteiger partial charge in [0.25, 0.3) is 0 Å². The second kappa shape index (κ2) is 4.90. The molecule has 0 radical (unpaired) electrons. The van der Waals surface area contributed by atoms with E-state index in [0.717, 1.165) is 30.8 Å². The van der Waals surface area contributed by atoms with Crippen LogP contribution in [0.1, 0.15) is 24.0 Å². The Labute approximate surface area is 104 Å². The standard InChI is InChI=1S/C13H16F3NO/c1-9(18)6-17-7-11(8-17)10-2-4-12(5-3-10)13(14,15)16/h2-5,9,11,18H,6-8H2,1H3. The summed E-state index contributed by atoms with van der Waals surface area (Å²) in [7, 11) is 0. The number of alkyl halides is 3. The fourth-order valence-corrected chi connectivity index (χ4v) is 2.25. The highest BCUT2D eigenvalue weighted by Crippen LogP contribution is 2.32. The fraction of sp³-hybridized carbons (Fsp3) is 0.538. The van der Waals surface area contributed by atoms with Gasteiger partial charge < -0.3 is 5.11 Å². The number of β-amino-alcohol motifs (C(OH)–C–C–N with tert-alkyl or cyclic N) is 1. The Kier molecular flexibility index (Phi) is 3.64. The Morgan fingerprint density at radius 2 is 1.83 bits per heavy atom. The molecule has 0 aromatic heterocycles. The van der Waals surface area contributed by atoms with Gasteiger partial charge in [0.2, 0.25) is 0 Å². The molecular weight excluding hydrogens is 243 g/mol. The molecule has 1 aliphatic heterocycles. The molecule has 2 nitrogen and oxygen atoms in total. The van der Waals surface area contributed by atoms with Crippen LogP contribution < -0.4 is 0 Å². The molecule has 1 aromatic rings. The second-order valence-corrected chi connectivity index (χ2v) is 4.88. The first-order valence-corrected chi connectivity index (χ1v) is 5.94. The summed E-state index contributed by atoms with van der Waals surface area (Å²) in [4.78, 5) is 2.09. The van der Waals surface area contributed by atoms with Crippen LogP contribution in [-0.2, 0) is 6.18 Å². The molecular formula is C13H16F3NO. The van der Waals surface area contributed by atoms with Crippen LogP contribution in [0.25, 0.3) is 0 Å². The molecule has 0 bridgehead atoms. The maximum atomic E-state index is 12.4. The summed E-state index contributed by atoms with van der Waals surface area (Å²) < 4.78 is 37.2. The van der Waals surface area contributed by atoms with Crippen molar-refractivity contribution in [1.29, 1.82) is 0 Å². The van der Waals surface area contributed by atoms with E-state index in [0.29, 0.717) is 6.54 Å². The van der Waals surface area contributed by atoms with Gasteiger partial charge in [0, 0.05) is 25.6 Å². The van der Waals surface area contributed by atoms with Gasteiger partial charge in [0.15, 0.2) is 0 Å². The van der Waals surface area contributed by atoms with Crippen LogP contribution in [0.15, 0.2) is 24.3 Å². The van der Waals surface area contributed by atoms with E-state index in [4.69, 9.17) is 0 Å². The Morgan fingerprint density at radius 3 is 2.28 bits per heavy atom. The van der Waals surface area contributed by atoms with Crippen molar-refractivity contribution in [1.82, 2.24) is 4.90 Å². The lowest BCUT2D eigenvalue weighted by Crippen LogP contribution is -2.47. The number of hydrogen-bond donors (Lipinski definition) is 1. The predicted octanol–water partition coefficient (Wildman–Crippen LogP) is 2.49. The number of hydrogen-bond acceptors (Lipinski definition) is 2. The molecule has 1 fully saturated rings. The number of nitrogens with zero attached hydrogens (tertiary/aromatic N) is 1. The minimum atomic E-state index is -4.27. The Bertz CT molecular complexity index is 394. The summed E-state index contributed by atoms with van der Waals surface area (Å²) in [5.74, 6) is 0.283. The van der Waals surface area contributed by atoms with Crippen molar-refractivity contribution >= 4 is 0 Å². The quantitative estimate of drug-likeness (QED) is 0.901. The number of rotatable bonds is 3. The smallest absolute Gasteiger partial charge is 0.392 e. The summed E-state index contributed by atoms with van der Waals surface area (Å²) in [6.07, 6.45) is -4.63. The molecule has 0 aliphatic carbocycles. The van der Waals surface area contributed by atoms with Crippen molar-refractivity contribution in [3.63, 3.8) is 0 Å². The third-order valence-electron chi connectivity index (χ3n) is 3.19. The third kappa shape index (κ3) is 3.03. The van der Waals surface area contributed by atoms with Gasteiger partial charge in [-0.3, -0.25) is 4.90 Å². The number of aliphatic hydroxyl groups excluding tert-OH is 1. The van der Waals surface area contributed by atoms with E-state index in [1.54, 1.807) is 19.1 Å². The average Bonchev–Trinajstić information content (AvgIpc) is 2.21. The zero-order valence-corrected chi connectivity index (χ0v) is 10.1. The van der Waals surface area contributed by atoms with Crippen molar-refractivity contribution in [2.24, 2.45) is 0 Å². The van der Waals surface area contributed by atoms with Crippen LogP contribution in [0.4, 0.5) is 13.2 Å². The van der Waals surface area contributed by atoms with Gasteiger partial charge in [-0.1, -0.05) is 12.1 Å². The molecule has 1 saturated heterocycles. The van der Waals surface area contributed by atoms with Gasteiger partial charge in [0.05, 0.1) is 11.7 Å². The van der Waals surface area contributed by atoms with E-state index >= 15 is 0 Å². The normalized spacial score (nSPS) is 19.6. The molecule has 2 rings (SSSR count). The topological polar surface area (TPSA) is 23.5 Å². The van der Waals surface area contributed by atoms with Crippen LogP contribution in [-0.4, -0.2) is 35.7 Å². The van der Waals surface area contributed by atoms with Crippen molar-refractivity contribution in [2.75, 3.05) is 19.6 Å². The fourth-order valence-electron chi connectivity index (χ4n) is 2.25. The zero-order valence-electron chi connectivity index (χ0n) is 10.1. The van der Waals surface area contributed by atoms with Crippen LogP contribution in [0.2, 0.25) is 0 Å². The number of likely N-dealkylation sites (tertiary alicyclic amines) is 1. The third-order valence-corrected chi connectivity index (χ3v) is 3.19. The highest BCUT2D eigenvalue weighted by molar-refractivity contribution is 5.28. The summed E-state index contributed by atoms with van der Waals surface area (Å²) in [5.41, 5.74) is 0.330. The molecule has 100 valence electrons. The van der Waals surface area contributed by atoms with Crippen molar-refractivity contribution < 1.29 is 18.3 Å². The van der Waals surface area contributed by atoms with E-state index in [9.17, 15) is 18.3 Å². The Hall–Kier alpha value is -1.07. The molecule has 1 unspecified atom stereocenters. The first-order chi connectivity index (χ1) is 8.36. The average molecular weight is 259 g/mol. The summed E-state index contributed by atoms with van der Waals surface area (Å²) in [5, 5.41) is 9.20. The number of aliphatic hydroxyl groups is 1. The zero-order chi connectivity index (χ0) is 13.3. The van der Waals surface area contributed by atoms with Crippen molar-refractivity contribution in [2.45, 2.75) is 25.1 Å². The Balaban J connectivity index is 1.93. The van der Waals surface area contributed by atoms with Crippen LogP contribution in [0, 0.1) is 0 Å². The van der Waals surface area contributed by atoms with Crippen LogP contribution in [0.5, 0.6) is 0 Å². The van der Waals surface area contributed by atoms with E-state index in [1.165, 1.54) is 0 Å². The molecule has 1 atom stereocenters. The van der Waals surface area contributed by atoms with Crippen LogP contribution in [0.3, 0.4) is 0 Å². The SMILES string of the molecule is CC(O)CN1CC(c2ccc(C(F)(F)F)cc2)C1. The monoisotopic (exact) mass is 259 g/mol. The van der Waals surface area contributed by atoms with Crippen molar-refractivity contribution in [3.05, 3.63) is 35.4 Å². The molecule has 1 aromatic carbocycles. The van der Waals surface area contributed by atoms with Gasteiger partial charge in [-0.15, -0.1) is 0 Å². The Morgan fingerprint density at radius 1 is 1.28 bits per heavy atom. The first-order valence-electron chi connectivity index (χ1n) is 5.94. The number of benzene rings is 1. The lowest BCUT2D eigenvalue weighted by molar-refractivity contribution is -0.137. The van der Waals surface area contributed by atoms with Gasteiger partial charge >= 0.3 is 6.18 Å². The largest absolute Gasteiger partial charge is 0.416 e. The lowest BCUT2D eigenvalue weighted by atomic mass is 9.90. The molecule has 0 spiro atoms. The molecule has 1 aliphatic rings. The maximum absolute atomic E-state index is 12.4. The van der Waals surface area contributed by atoms with Gasteiger partial charge in [-0.2, -0.15) is 13.2 Å². The van der Waals surface area contributed by atoms with E-state index in [2.05, 4.69) is 4.90 Å². The highest BCUT2D eigenvalue weighted by atomic mass is 19.4. The molecule has 0 amide bonds. The summed E-state index contributed by atoms with van der Waals surface area (Å²) in [6.45, 7) is 3.95. The van der Waals surface area contributed by atoms with Gasteiger partial charge in [-0.25, -0.2) is 0 Å². The second-order valence-electron chi connectivity index (χ2n) is 4.88. The minimum Gasteiger partial charge on any atom is -0.392 e. The van der Waals surface area contributed by atoms with Crippen LogP contribution >= 0.6 is 0 Å². The molecule has 5 heteroatoms.